The van der Waals surface area contributed by atoms with Gasteiger partial charge in [0, 0.05) is 10.9 Å². The summed E-state index contributed by atoms with van der Waals surface area (Å²) in [5.41, 5.74) is 3.06. The Morgan fingerprint density at radius 1 is 0.727 bits per heavy atom. The largest absolute Gasteiger partial charge is 0.497 e. The van der Waals surface area contributed by atoms with E-state index in [1.165, 1.54) is 50.6 Å². The molecule has 0 fully saturated rings. The second kappa shape index (κ2) is 8.77. The molecule has 0 aliphatic carbocycles. The van der Waals surface area contributed by atoms with Gasteiger partial charge in [0.15, 0.2) is 0 Å². The molecule has 4 aromatic rings. The molecule has 0 aliphatic heterocycles. The van der Waals surface area contributed by atoms with E-state index in [0.29, 0.717) is 22.4 Å². The minimum Gasteiger partial charge on any atom is -0.497 e. The number of anilines is 1. The van der Waals surface area contributed by atoms with E-state index >= 15 is 0 Å². The summed E-state index contributed by atoms with van der Waals surface area (Å²) in [6.07, 6.45) is 0. The molecule has 11 heteroatoms. The number of ether oxygens (including phenoxy) is 2. The fourth-order valence-electron chi connectivity index (χ4n) is 3.29. The van der Waals surface area contributed by atoms with E-state index in [0.717, 1.165) is 0 Å². The molecule has 0 saturated carbocycles. The minimum absolute atomic E-state index is 0.0101. The molecule has 3 N–H and O–H groups in total. The molecule has 172 valence electrons. The third kappa shape index (κ3) is 4.38. The summed E-state index contributed by atoms with van der Waals surface area (Å²) in [5, 5.41) is 0.416. The number of rotatable bonds is 8. The smallest absolute Gasteiger partial charge is 0.257 e. The van der Waals surface area contributed by atoms with Crippen LogP contribution >= 0.6 is 0 Å². The van der Waals surface area contributed by atoms with E-state index in [4.69, 9.17) is 9.47 Å². The fraction of sp³-hybridized carbons (Fsp3) is 0.0909. The predicted octanol–water partition coefficient (Wildman–Crippen LogP) is 3.32. The van der Waals surface area contributed by atoms with Gasteiger partial charge in [-0.2, -0.15) is 0 Å². The summed E-state index contributed by atoms with van der Waals surface area (Å²) in [7, 11) is -5.06. The first-order valence-electron chi connectivity index (χ1n) is 9.68. The van der Waals surface area contributed by atoms with E-state index in [2.05, 4.69) is 15.2 Å². The van der Waals surface area contributed by atoms with Gasteiger partial charge in [0.1, 0.15) is 22.2 Å². The van der Waals surface area contributed by atoms with Crippen molar-refractivity contribution in [3.63, 3.8) is 0 Å². The van der Waals surface area contributed by atoms with E-state index in [9.17, 15) is 16.8 Å². The number of benzene rings is 3. The third-order valence-corrected chi connectivity index (χ3v) is 8.09. The number of sulfone groups is 1. The SMILES string of the molecule is COc1ccc(S(=O)(=O)NNc2[nH]c3ccccc3c2S(=O)(=O)c2ccc(OC)cc2)cc1. The lowest BCUT2D eigenvalue weighted by atomic mass is 10.2. The molecule has 9 nitrogen and oxygen atoms in total. The highest BCUT2D eigenvalue weighted by atomic mass is 32.2. The Morgan fingerprint density at radius 3 is 1.85 bits per heavy atom. The number of aromatic amines is 1. The van der Waals surface area contributed by atoms with Crippen molar-refractivity contribution in [3.05, 3.63) is 72.8 Å². The van der Waals surface area contributed by atoms with Gasteiger partial charge in [0.05, 0.1) is 24.0 Å². The molecule has 33 heavy (non-hydrogen) atoms. The highest BCUT2D eigenvalue weighted by Crippen LogP contribution is 2.35. The van der Waals surface area contributed by atoms with Crippen molar-refractivity contribution in [1.82, 2.24) is 9.82 Å². The summed E-state index contributed by atoms with van der Waals surface area (Å²) in [5.74, 6) is 1.01. The Bertz CT molecular complexity index is 1490. The Morgan fingerprint density at radius 2 is 1.27 bits per heavy atom. The molecule has 0 spiro atoms. The molecular weight excluding hydrogens is 466 g/mol. The van der Waals surface area contributed by atoms with Crippen LogP contribution in [0.3, 0.4) is 0 Å². The number of aromatic nitrogens is 1. The van der Waals surface area contributed by atoms with Crippen LogP contribution in [0, 0.1) is 0 Å². The normalized spacial score (nSPS) is 11.9. The van der Waals surface area contributed by atoms with Gasteiger partial charge in [-0.05, 0) is 54.6 Å². The maximum absolute atomic E-state index is 13.5. The Labute approximate surface area is 191 Å². The predicted molar refractivity (Wildman–Crippen MR) is 124 cm³/mol. The number of hydrazine groups is 1. The van der Waals surface area contributed by atoms with Crippen molar-refractivity contribution in [2.75, 3.05) is 19.6 Å². The minimum atomic E-state index is -4.02. The van der Waals surface area contributed by atoms with Crippen LogP contribution in [0.4, 0.5) is 5.82 Å². The third-order valence-electron chi connectivity index (χ3n) is 4.98. The molecule has 1 aromatic heterocycles. The van der Waals surface area contributed by atoms with Crippen molar-refractivity contribution >= 4 is 36.6 Å². The van der Waals surface area contributed by atoms with Crippen molar-refractivity contribution in [3.8, 4) is 11.5 Å². The molecule has 0 aliphatic rings. The quantitative estimate of drug-likeness (QED) is 0.325. The molecule has 0 radical (unpaired) electrons. The van der Waals surface area contributed by atoms with Gasteiger partial charge in [-0.25, -0.2) is 16.8 Å². The van der Waals surface area contributed by atoms with Crippen LogP contribution in [0.5, 0.6) is 11.5 Å². The maximum atomic E-state index is 13.5. The number of hydrogen-bond donors (Lipinski definition) is 3. The van der Waals surface area contributed by atoms with E-state index in [-0.39, 0.29) is 20.5 Å². The standard InChI is InChI=1S/C22H21N3O6S2/c1-30-15-7-11-17(12-8-15)32(26,27)21-19-5-3-4-6-20(19)23-22(21)24-25-33(28,29)18-13-9-16(31-2)10-14-18/h3-14,23-25H,1-2H3. The zero-order chi connectivity index (χ0) is 23.6. The van der Waals surface area contributed by atoms with Crippen LogP contribution in [0.1, 0.15) is 0 Å². The van der Waals surface area contributed by atoms with Gasteiger partial charge in [0.2, 0.25) is 9.84 Å². The van der Waals surface area contributed by atoms with Gasteiger partial charge < -0.3 is 14.5 Å². The average molecular weight is 488 g/mol. The molecule has 0 atom stereocenters. The van der Waals surface area contributed by atoms with E-state index in [1.807, 2.05) is 0 Å². The monoisotopic (exact) mass is 487 g/mol. The Kier molecular flexibility index (Phi) is 6.02. The average Bonchev–Trinajstić information content (AvgIpc) is 3.22. The van der Waals surface area contributed by atoms with E-state index < -0.39 is 19.9 Å². The van der Waals surface area contributed by atoms with Gasteiger partial charge in [0.25, 0.3) is 10.0 Å². The summed E-state index contributed by atoms with van der Waals surface area (Å²) in [6, 6.07) is 18.5. The topological polar surface area (TPSA) is 127 Å². The molecule has 0 unspecified atom stereocenters. The van der Waals surface area contributed by atoms with Crippen LogP contribution in [0.25, 0.3) is 10.9 Å². The van der Waals surface area contributed by atoms with Gasteiger partial charge in [-0.3, -0.25) is 5.43 Å². The second-order valence-corrected chi connectivity index (χ2v) is 10.5. The number of sulfonamides is 1. The lowest BCUT2D eigenvalue weighted by molar-refractivity contribution is 0.414. The first kappa shape index (κ1) is 22.6. The number of nitrogens with one attached hydrogen (secondary N) is 3. The van der Waals surface area contributed by atoms with Gasteiger partial charge in [-0.1, -0.05) is 18.2 Å². The van der Waals surface area contributed by atoms with E-state index in [1.54, 1.807) is 36.4 Å². The zero-order valence-corrected chi connectivity index (χ0v) is 19.3. The summed E-state index contributed by atoms with van der Waals surface area (Å²) < 4.78 is 62.6. The molecule has 3 aromatic carbocycles. The van der Waals surface area contributed by atoms with Crippen LogP contribution in [0.15, 0.2) is 87.5 Å². The van der Waals surface area contributed by atoms with Gasteiger partial charge >= 0.3 is 0 Å². The highest BCUT2D eigenvalue weighted by molar-refractivity contribution is 7.92. The van der Waals surface area contributed by atoms with Crippen molar-refractivity contribution in [2.24, 2.45) is 0 Å². The lowest BCUT2D eigenvalue weighted by Crippen LogP contribution is -2.30. The second-order valence-electron chi connectivity index (χ2n) is 6.96. The summed E-state index contributed by atoms with van der Waals surface area (Å²) in [6.45, 7) is 0. The number of methoxy groups -OCH3 is 2. The molecule has 4 rings (SSSR count). The fourth-order valence-corrected chi connectivity index (χ4v) is 5.71. The molecule has 0 saturated heterocycles. The highest BCUT2D eigenvalue weighted by Gasteiger charge is 2.27. The maximum Gasteiger partial charge on any atom is 0.257 e. The van der Waals surface area contributed by atoms with Crippen LogP contribution in [-0.4, -0.2) is 36.0 Å². The molecular formula is C22H21N3O6S2. The number of fused-ring (bicyclic) bond motifs is 1. The lowest BCUT2D eigenvalue weighted by Gasteiger charge is -2.12. The van der Waals surface area contributed by atoms with Crippen molar-refractivity contribution < 1.29 is 26.3 Å². The van der Waals surface area contributed by atoms with Gasteiger partial charge in [-0.15, -0.1) is 4.83 Å². The van der Waals surface area contributed by atoms with Crippen LogP contribution in [-0.2, 0) is 19.9 Å². The Balaban J connectivity index is 1.73. The molecule has 0 amide bonds. The number of para-hydroxylation sites is 1. The first-order valence-corrected chi connectivity index (χ1v) is 12.6. The number of H-pyrrole nitrogens is 1. The molecule has 1 heterocycles. The molecule has 0 bridgehead atoms. The van der Waals surface area contributed by atoms with Crippen molar-refractivity contribution in [1.29, 1.82) is 0 Å². The Hall–Kier alpha value is -3.54. The van der Waals surface area contributed by atoms with Crippen LogP contribution in [0.2, 0.25) is 0 Å². The summed E-state index contributed by atoms with van der Waals surface area (Å²) >= 11 is 0. The zero-order valence-electron chi connectivity index (χ0n) is 17.7. The van der Waals surface area contributed by atoms with Crippen molar-refractivity contribution in [2.45, 2.75) is 14.7 Å². The van der Waals surface area contributed by atoms with Crippen LogP contribution < -0.4 is 19.7 Å². The first-order chi connectivity index (χ1) is 15.8. The number of hydrogen-bond acceptors (Lipinski definition) is 7. The summed E-state index contributed by atoms with van der Waals surface area (Å²) in [4.78, 5) is 5.11.